The molecule has 3 aromatic rings. The maximum absolute atomic E-state index is 14.4. The zero-order valence-corrected chi connectivity index (χ0v) is 26.3. The van der Waals surface area contributed by atoms with Gasteiger partial charge in [-0.05, 0) is 58.9 Å². The number of carbonyl (C=O) groups is 4. The highest BCUT2D eigenvalue weighted by Crippen LogP contribution is 2.69. The van der Waals surface area contributed by atoms with Crippen LogP contribution in [0.15, 0.2) is 72.8 Å². The predicted octanol–water partition coefficient (Wildman–Crippen LogP) is 6.59. The monoisotopic (exact) mass is 632 g/mol. The summed E-state index contributed by atoms with van der Waals surface area (Å²) in [5, 5.41) is 2.84. The van der Waals surface area contributed by atoms with Gasteiger partial charge >= 0.3 is 5.97 Å². The first-order chi connectivity index (χ1) is 21.1. The summed E-state index contributed by atoms with van der Waals surface area (Å²) in [6.45, 7) is 6.00. The van der Waals surface area contributed by atoms with Crippen LogP contribution < -0.4 is 5.32 Å². The van der Waals surface area contributed by atoms with Gasteiger partial charge in [0, 0.05) is 5.69 Å². The van der Waals surface area contributed by atoms with E-state index in [0.29, 0.717) is 40.1 Å². The average Bonchev–Trinajstić information content (AvgIpc) is 3.29. The summed E-state index contributed by atoms with van der Waals surface area (Å²) in [6.07, 6.45) is 2.81. The Hall–Kier alpha value is -3.68. The molecule has 1 aliphatic heterocycles. The van der Waals surface area contributed by atoms with Crippen molar-refractivity contribution in [2.45, 2.75) is 55.8 Å². The topological polar surface area (TPSA) is 92.8 Å². The van der Waals surface area contributed by atoms with Gasteiger partial charge in [-0.25, -0.2) is 4.79 Å². The van der Waals surface area contributed by atoms with E-state index in [1.54, 1.807) is 38.1 Å². The number of unbranched alkanes of at least 4 members (excludes halogenated alkanes) is 2. The number of hydrogen-bond donors (Lipinski definition) is 1. The van der Waals surface area contributed by atoms with E-state index in [1.165, 1.54) is 0 Å². The van der Waals surface area contributed by atoms with E-state index in [0.717, 1.165) is 24.2 Å². The Morgan fingerprint density at radius 3 is 1.73 bits per heavy atom. The first-order valence-corrected chi connectivity index (χ1v) is 15.8. The van der Waals surface area contributed by atoms with Crippen molar-refractivity contribution in [3.8, 4) is 0 Å². The molecule has 1 heterocycles. The molecule has 3 atom stereocenters. The number of benzene rings is 3. The van der Waals surface area contributed by atoms with Crippen molar-refractivity contribution in [3.05, 3.63) is 101 Å². The Labute approximate surface area is 266 Å². The minimum atomic E-state index is -1.32. The van der Waals surface area contributed by atoms with Gasteiger partial charge in [0.2, 0.25) is 17.7 Å². The predicted molar refractivity (Wildman–Crippen MR) is 168 cm³/mol. The number of imide groups is 1. The van der Waals surface area contributed by atoms with E-state index in [4.69, 9.17) is 27.9 Å². The SMILES string of the molecule is CCCCCOC(=O)c1ccc(NC(=O)[C@H](C(C)C)N2C(=O)[C@@H]3[C@@H](C2=O)C2(Cl)c4ccccc4C3(Cl)c3ccccc32)cc1. The maximum Gasteiger partial charge on any atom is 0.338 e. The van der Waals surface area contributed by atoms with Gasteiger partial charge in [-0.2, -0.15) is 0 Å². The lowest BCUT2D eigenvalue weighted by molar-refractivity contribution is -0.148. The Morgan fingerprint density at radius 1 is 0.818 bits per heavy atom. The van der Waals surface area contributed by atoms with Crippen molar-refractivity contribution < 1.29 is 23.9 Å². The van der Waals surface area contributed by atoms with E-state index in [-0.39, 0.29) is 0 Å². The molecule has 2 bridgehead atoms. The number of amides is 3. The van der Waals surface area contributed by atoms with Crippen LogP contribution in [0.2, 0.25) is 0 Å². The number of rotatable bonds is 9. The molecule has 0 radical (unpaired) electrons. The Bertz CT molecular complexity index is 1530. The molecule has 0 aromatic heterocycles. The lowest BCUT2D eigenvalue weighted by atomic mass is 9.54. The highest BCUT2D eigenvalue weighted by Gasteiger charge is 2.73. The highest BCUT2D eigenvalue weighted by molar-refractivity contribution is 6.36. The molecule has 1 N–H and O–H groups in total. The third-order valence-corrected chi connectivity index (χ3v) is 10.5. The normalized spacial score (nSPS) is 25.4. The van der Waals surface area contributed by atoms with Crippen LogP contribution in [-0.4, -0.2) is 41.2 Å². The second-order valence-electron chi connectivity index (χ2n) is 12.1. The fourth-order valence-electron chi connectivity index (χ4n) is 7.19. The fraction of sp³-hybridized carbons (Fsp3) is 0.371. The fourth-order valence-corrected chi connectivity index (χ4v) is 8.28. The number of carbonyl (C=O) groups excluding carboxylic acids is 4. The zero-order valence-electron chi connectivity index (χ0n) is 24.8. The summed E-state index contributed by atoms with van der Waals surface area (Å²) in [7, 11) is 0. The highest BCUT2D eigenvalue weighted by atomic mass is 35.5. The van der Waals surface area contributed by atoms with Crippen LogP contribution in [0.4, 0.5) is 5.69 Å². The quantitative estimate of drug-likeness (QED) is 0.124. The Morgan fingerprint density at radius 2 is 1.30 bits per heavy atom. The van der Waals surface area contributed by atoms with Gasteiger partial charge in [0.05, 0.1) is 24.0 Å². The Balaban J connectivity index is 1.30. The molecule has 1 saturated heterocycles. The number of anilines is 1. The molecule has 9 heteroatoms. The van der Waals surface area contributed by atoms with Gasteiger partial charge in [-0.3, -0.25) is 19.3 Å². The van der Waals surface area contributed by atoms with Gasteiger partial charge in [0.15, 0.2) is 0 Å². The van der Waals surface area contributed by atoms with Crippen molar-refractivity contribution in [2.75, 3.05) is 11.9 Å². The van der Waals surface area contributed by atoms with Crippen LogP contribution in [0.1, 0.15) is 72.6 Å². The number of halogens is 2. The molecule has 228 valence electrons. The minimum Gasteiger partial charge on any atom is -0.462 e. The van der Waals surface area contributed by atoms with E-state index in [1.807, 2.05) is 48.5 Å². The van der Waals surface area contributed by atoms with Gasteiger partial charge in [0.25, 0.3) is 0 Å². The summed E-state index contributed by atoms with van der Waals surface area (Å²) >= 11 is 15.1. The molecule has 0 unspecified atom stereocenters. The lowest BCUT2D eigenvalue weighted by Crippen LogP contribution is -2.57. The third-order valence-electron chi connectivity index (χ3n) is 9.17. The molecule has 0 saturated carbocycles. The second kappa shape index (κ2) is 11.4. The largest absolute Gasteiger partial charge is 0.462 e. The first kappa shape index (κ1) is 30.4. The molecule has 0 spiro atoms. The van der Waals surface area contributed by atoms with E-state index in [2.05, 4.69) is 12.2 Å². The van der Waals surface area contributed by atoms with Crippen LogP contribution in [0, 0.1) is 17.8 Å². The zero-order chi connectivity index (χ0) is 31.4. The van der Waals surface area contributed by atoms with E-state index >= 15 is 0 Å². The van der Waals surface area contributed by atoms with Crippen molar-refractivity contribution in [3.63, 3.8) is 0 Å². The molecule has 7 nitrogen and oxygen atoms in total. The summed E-state index contributed by atoms with van der Waals surface area (Å²) in [6, 6.07) is 20.1. The van der Waals surface area contributed by atoms with E-state index < -0.39 is 57.2 Å². The molecule has 1 fully saturated rings. The average molecular weight is 634 g/mol. The number of nitrogens with zero attached hydrogens (tertiary/aromatic N) is 1. The molecule has 7 rings (SSSR count). The molecule has 3 aromatic carbocycles. The smallest absolute Gasteiger partial charge is 0.338 e. The third kappa shape index (κ3) is 4.39. The molecule has 4 aliphatic rings. The number of esters is 1. The molecule has 3 amide bonds. The number of alkyl halides is 2. The summed E-state index contributed by atoms with van der Waals surface area (Å²) in [5.41, 5.74) is 3.59. The van der Waals surface area contributed by atoms with Crippen molar-refractivity contribution in [1.82, 2.24) is 4.90 Å². The van der Waals surface area contributed by atoms with Crippen LogP contribution in [0.3, 0.4) is 0 Å². The Kier molecular flexibility index (Phi) is 7.83. The molecular formula is C35H34Cl2N2O5. The number of ether oxygens (including phenoxy) is 1. The van der Waals surface area contributed by atoms with Crippen molar-refractivity contribution in [2.24, 2.45) is 17.8 Å². The minimum absolute atomic E-state index is 0.352. The van der Waals surface area contributed by atoms with Gasteiger partial charge in [-0.15, -0.1) is 23.2 Å². The summed E-state index contributed by atoms with van der Waals surface area (Å²) < 4.78 is 5.31. The van der Waals surface area contributed by atoms with Crippen LogP contribution in [0.25, 0.3) is 0 Å². The lowest BCUT2D eigenvalue weighted by Gasteiger charge is -2.54. The number of hydrogen-bond acceptors (Lipinski definition) is 5. The molecular weight excluding hydrogens is 599 g/mol. The van der Waals surface area contributed by atoms with E-state index in [9.17, 15) is 19.2 Å². The maximum atomic E-state index is 14.4. The van der Waals surface area contributed by atoms with Crippen molar-refractivity contribution >= 4 is 52.6 Å². The molecule has 3 aliphatic carbocycles. The first-order valence-electron chi connectivity index (χ1n) is 15.1. The van der Waals surface area contributed by atoms with Crippen molar-refractivity contribution in [1.29, 1.82) is 0 Å². The van der Waals surface area contributed by atoms with Gasteiger partial charge in [0.1, 0.15) is 15.8 Å². The van der Waals surface area contributed by atoms with Crippen LogP contribution >= 0.6 is 23.2 Å². The summed E-state index contributed by atoms with van der Waals surface area (Å²) in [5.74, 6) is -4.38. The number of nitrogens with one attached hydrogen (secondary N) is 1. The standard InChI is InChI=1S/C35H34Cl2N2O5/c1-4-5-10-19-44-33(43)21-15-17-22(18-16-21)38-30(40)29(20(2)3)39-31(41)27-28(32(39)42)35(37)24-12-7-6-11-23(24)34(27,36)25-13-8-9-14-26(25)35/h6-9,11-18,20,27-29H,4-5,10,19H2,1-3H3,(H,38,40)/t27-,28-,29-,34?,35?/m0/s1. The second-order valence-corrected chi connectivity index (χ2v) is 13.3. The van der Waals surface area contributed by atoms with Crippen LogP contribution in [-0.2, 0) is 28.9 Å². The van der Waals surface area contributed by atoms with Gasteiger partial charge < -0.3 is 10.1 Å². The van der Waals surface area contributed by atoms with Crippen LogP contribution in [0.5, 0.6) is 0 Å². The number of likely N-dealkylation sites (tertiary alicyclic amines) is 1. The summed E-state index contributed by atoms with van der Waals surface area (Å²) in [4.78, 5) is 53.4. The molecule has 44 heavy (non-hydrogen) atoms. The van der Waals surface area contributed by atoms with Gasteiger partial charge in [-0.1, -0.05) is 82.1 Å².